The number of rotatable bonds is 4. The monoisotopic (exact) mass is 337 g/mol. The summed E-state index contributed by atoms with van der Waals surface area (Å²) in [5, 5.41) is 21.8. The van der Waals surface area contributed by atoms with Crippen LogP contribution in [0.25, 0.3) is 0 Å². The molecule has 0 saturated carbocycles. The zero-order chi connectivity index (χ0) is 14.7. The lowest BCUT2D eigenvalue weighted by Crippen LogP contribution is -2.02. The lowest BCUT2D eigenvalue weighted by molar-refractivity contribution is -0.394. The topological polar surface area (TPSA) is 99.2 Å². The highest BCUT2D eigenvalue weighted by Crippen LogP contribution is 2.37. The minimum absolute atomic E-state index is 0.313. The first-order valence-corrected chi connectivity index (χ1v) is 6.40. The van der Waals surface area contributed by atoms with Crippen molar-refractivity contribution >= 4 is 27.3 Å². The van der Waals surface area contributed by atoms with Crippen LogP contribution in [-0.2, 0) is 0 Å². The van der Waals surface area contributed by atoms with Crippen LogP contribution in [0.2, 0.25) is 0 Å². The molecule has 102 valence electrons. The Balaban J connectivity index is 2.51. The molecule has 0 fully saturated rings. The molecular weight excluding hydrogens is 330 g/mol. The predicted octanol–water partition coefficient (Wildman–Crippen LogP) is 3.38. The fraction of sp³-hybridized carbons (Fsp3) is 0.0833. The van der Waals surface area contributed by atoms with Gasteiger partial charge in [-0.25, -0.2) is 0 Å². The number of benzene rings is 1. The van der Waals surface area contributed by atoms with Gasteiger partial charge in [-0.05, 0) is 18.2 Å². The molecular formula is C12H8BrN3O4. The van der Waals surface area contributed by atoms with E-state index in [1.807, 2.05) is 0 Å². The molecule has 20 heavy (non-hydrogen) atoms. The van der Waals surface area contributed by atoms with Crippen LogP contribution >= 0.6 is 15.9 Å². The molecule has 0 spiro atoms. The Hall–Kier alpha value is -2.35. The molecule has 2 rings (SSSR count). The Bertz CT molecular complexity index is 663. The van der Waals surface area contributed by atoms with Crippen molar-refractivity contribution in [2.45, 2.75) is 4.83 Å². The van der Waals surface area contributed by atoms with Gasteiger partial charge in [-0.15, -0.1) is 0 Å². The highest BCUT2D eigenvalue weighted by molar-refractivity contribution is 9.09. The Morgan fingerprint density at radius 1 is 1.10 bits per heavy atom. The molecule has 1 aromatic carbocycles. The Morgan fingerprint density at radius 3 is 2.40 bits per heavy atom. The lowest BCUT2D eigenvalue weighted by atomic mass is 10.1. The molecule has 7 nitrogen and oxygen atoms in total. The van der Waals surface area contributed by atoms with Gasteiger partial charge in [0.15, 0.2) is 0 Å². The van der Waals surface area contributed by atoms with Crippen molar-refractivity contribution in [3.05, 3.63) is 74.1 Å². The van der Waals surface area contributed by atoms with E-state index in [4.69, 9.17) is 0 Å². The van der Waals surface area contributed by atoms with Gasteiger partial charge in [0.1, 0.15) is 0 Å². The zero-order valence-electron chi connectivity index (χ0n) is 9.97. The number of nitro benzene ring substituents is 2. The van der Waals surface area contributed by atoms with Gasteiger partial charge in [-0.1, -0.05) is 22.0 Å². The number of hydrogen-bond acceptors (Lipinski definition) is 5. The molecule has 0 aliphatic rings. The second kappa shape index (κ2) is 5.74. The van der Waals surface area contributed by atoms with Gasteiger partial charge < -0.3 is 0 Å². The van der Waals surface area contributed by atoms with Gasteiger partial charge in [0, 0.05) is 12.3 Å². The molecule has 0 aliphatic carbocycles. The number of non-ortho nitro benzene ring substituents is 1. The normalized spacial score (nSPS) is 11.8. The van der Waals surface area contributed by atoms with E-state index in [1.165, 1.54) is 12.1 Å². The summed E-state index contributed by atoms with van der Waals surface area (Å²) in [5.74, 6) is 0. The van der Waals surface area contributed by atoms with E-state index >= 15 is 0 Å². The van der Waals surface area contributed by atoms with Crippen molar-refractivity contribution in [2.75, 3.05) is 0 Å². The van der Waals surface area contributed by atoms with E-state index in [0.29, 0.717) is 11.3 Å². The second-order valence-electron chi connectivity index (χ2n) is 3.87. The highest BCUT2D eigenvalue weighted by atomic mass is 79.9. The molecule has 0 saturated heterocycles. The van der Waals surface area contributed by atoms with Crippen LogP contribution in [0.1, 0.15) is 16.1 Å². The maximum absolute atomic E-state index is 11.1. The van der Waals surface area contributed by atoms with Crippen LogP contribution < -0.4 is 0 Å². The van der Waals surface area contributed by atoms with Crippen LogP contribution in [-0.4, -0.2) is 14.8 Å². The van der Waals surface area contributed by atoms with Crippen LogP contribution in [0.15, 0.2) is 42.6 Å². The molecule has 2 aromatic rings. The molecule has 0 bridgehead atoms. The number of alkyl halides is 1. The highest BCUT2D eigenvalue weighted by Gasteiger charge is 2.25. The Morgan fingerprint density at radius 2 is 1.85 bits per heavy atom. The van der Waals surface area contributed by atoms with Crippen LogP contribution in [0.3, 0.4) is 0 Å². The largest absolute Gasteiger partial charge is 0.281 e. The van der Waals surface area contributed by atoms with Gasteiger partial charge in [-0.2, -0.15) is 0 Å². The van der Waals surface area contributed by atoms with Crippen LogP contribution in [0, 0.1) is 20.2 Å². The van der Waals surface area contributed by atoms with Crippen molar-refractivity contribution in [1.29, 1.82) is 0 Å². The second-order valence-corrected chi connectivity index (χ2v) is 4.79. The maximum Gasteiger partial charge on any atom is 0.281 e. The average molecular weight is 338 g/mol. The summed E-state index contributed by atoms with van der Waals surface area (Å²) in [5.41, 5.74) is 0.275. The van der Waals surface area contributed by atoms with Crippen LogP contribution in [0.5, 0.6) is 0 Å². The molecule has 1 aromatic heterocycles. The Kier molecular flexibility index (Phi) is 4.04. The van der Waals surface area contributed by atoms with Gasteiger partial charge in [0.05, 0.1) is 32.0 Å². The lowest BCUT2D eigenvalue weighted by Gasteiger charge is -2.09. The molecule has 1 atom stereocenters. The van der Waals surface area contributed by atoms with Crippen molar-refractivity contribution in [2.24, 2.45) is 0 Å². The number of aromatic nitrogens is 1. The fourth-order valence-electron chi connectivity index (χ4n) is 1.70. The summed E-state index contributed by atoms with van der Waals surface area (Å²) in [7, 11) is 0. The van der Waals surface area contributed by atoms with Crippen molar-refractivity contribution < 1.29 is 9.85 Å². The third kappa shape index (κ3) is 2.80. The summed E-state index contributed by atoms with van der Waals surface area (Å²) in [6.07, 6.45) is 1.57. The van der Waals surface area contributed by atoms with E-state index in [9.17, 15) is 20.2 Å². The van der Waals surface area contributed by atoms with E-state index in [0.717, 1.165) is 6.07 Å². The quantitative estimate of drug-likeness (QED) is 0.483. The summed E-state index contributed by atoms with van der Waals surface area (Å²) in [6.45, 7) is 0. The zero-order valence-corrected chi connectivity index (χ0v) is 11.6. The summed E-state index contributed by atoms with van der Waals surface area (Å²) < 4.78 is 0. The summed E-state index contributed by atoms with van der Waals surface area (Å²) in [6, 6.07) is 8.75. The standard InChI is InChI=1S/C12H8BrN3O4/c13-12(10-3-1-2-6-14-10)9-5-4-8(15(17)18)7-11(9)16(19)20/h1-7,12H. The van der Waals surface area contributed by atoms with E-state index < -0.39 is 14.7 Å². The van der Waals surface area contributed by atoms with Gasteiger partial charge >= 0.3 is 0 Å². The van der Waals surface area contributed by atoms with Crippen molar-refractivity contribution in [1.82, 2.24) is 4.98 Å². The third-order valence-electron chi connectivity index (χ3n) is 2.64. The van der Waals surface area contributed by atoms with E-state index in [1.54, 1.807) is 24.4 Å². The number of pyridine rings is 1. The third-order valence-corrected chi connectivity index (χ3v) is 3.60. The number of halogens is 1. The molecule has 0 amide bonds. The number of nitro groups is 2. The van der Waals surface area contributed by atoms with Gasteiger partial charge in [-0.3, -0.25) is 25.2 Å². The number of hydrogen-bond donors (Lipinski definition) is 0. The number of nitrogens with zero attached hydrogens (tertiary/aromatic N) is 3. The molecule has 1 unspecified atom stereocenters. The van der Waals surface area contributed by atoms with Crippen molar-refractivity contribution in [3.8, 4) is 0 Å². The predicted molar refractivity (Wildman–Crippen MR) is 74.8 cm³/mol. The first-order valence-electron chi connectivity index (χ1n) is 5.48. The average Bonchev–Trinajstić information content (AvgIpc) is 2.46. The van der Waals surface area contributed by atoms with E-state index in [-0.39, 0.29) is 11.4 Å². The molecule has 0 radical (unpaired) electrons. The van der Waals surface area contributed by atoms with Crippen molar-refractivity contribution in [3.63, 3.8) is 0 Å². The summed E-state index contributed by atoms with van der Waals surface area (Å²) in [4.78, 5) is 24.1. The fourth-order valence-corrected chi connectivity index (χ4v) is 2.36. The maximum atomic E-state index is 11.1. The molecule has 0 aliphatic heterocycles. The Labute approximate surface area is 121 Å². The first-order chi connectivity index (χ1) is 9.50. The van der Waals surface area contributed by atoms with Crippen LogP contribution in [0.4, 0.5) is 11.4 Å². The SMILES string of the molecule is O=[N+]([O-])c1ccc(C(Br)c2ccccn2)c([N+](=O)[O-])c1. The molecule has 0 N–H and O–H groups in total. The first kappa shape index (κ1) is 14.1. The molecule has 8 heteroatoms. The minimum atomic E-state index is -0.666. The minimum Gasteiger partial charge on any atom is -0.260 e. The summed E-state index contributed by atoms with van der Waals surface area (Å²) >= 11 is 3.34. The smallest absolute Gasteiger partial charge is 0.260 e. The van der Waals surface area contributed by atoms with Gasteiger partial charge in [0.25, 0.3) is 11.4 Å². The van der Waals surface area contributed by atoms with E-state index in [2.05, 4.69) is 20.9 Å². The molecule has 1 heterocycles. The van der Waals surface area contributed by atoms with Gasteiger partial charge in [0.2, 0.25) is 0 Å².